The van der Waals surface area contributed by atoms with Crippen LogP contribution in [-0.4, -0.2) is 58.3 Å². The standard InChI is InChI=1S/C11H22N2O3.C2HF3O2/c1-3-7-13(8-4-2)11(16)9(12)5-6-10(14)15;3-2(4,5)1(6)7/h9H,3-8,12H2,1-2H3,(H,14,15);(H,6,7)/t9-;/m0./s1. The van der Waals surface area contributed by atoms with Crippen molar-refractivity contribution in [2.24, 2.45) is 5.73 Å². The number of carbonyl (C=O) groups excluding carboxylic acids is 1. The summed E-state index contributed by atoms with van der Waals surface area (Å²) in [6.07, 6.45) is -3.16. The monoisotopic (exact) mass is 344 g/mol. The molecule has 0 fully saturated rings. The van der Waals surface area contributed by atoms with E-state index in [1.54, 1.807) is 4.90 Å². The van der Waals surface area contributed by atoms with Crippen molar-refractivity contribution in [1.82, 2.24) is 4.90 Å². The minimum Gasteiger partial charge on any atom is -0.481 e. The highest BCUT2D eigenvalue weighted by atomic mass is 19.4. The number of halogens is 3. The van der Waals surface area contributed by atoms with Gasteiger partial charge in [-0.15, -0.1) is 0 Å². The van der Waals surface area contributed by atoms with Crippen LogP contribution in [0.25, 0.3) is 0 Å². The Kier molecular flexibility index (Phi) is 11.9. The molecule has 136 valence electrons. The second kappa shape index (κ2) is 11.7. The molecule has 0 rings (SSSR count). The van der Waals surface area contributed by atoms with E-state index < -0.39 is 24.2 Å². The molecule has 0 unspecified atom stereocenters. The molecular weight excluding hydrogens is 321 g/mol. The Hall–Kier alpha value is -1.84. The first-order valence-corrected chi connectivity index (χ1v) is 7.03. The number of hydrogen-bond donors (Lipinski definition) is 3. The molecule has 0 bridgehead atoms. The van der Waals surface area contributed by atoms with Crippen LogP contribution in [0, 0.1) is 0 Å². The molecule has 23 heavy (non-hydrogen) atoms. The van der Waals surface area contributed by atoms with Gasteiger partial charge in [0.05, 0.1) is 6.04 Å². The molecule has 0 saturated carbocycles. The number of hydrogen-bond acceptors (Lipinski definition) is 4. The smallest absolute Gasteiger partial charge is 0.481 e. The number of carbonyl (C=O) groups is 3. The SMILES string of the molecule is CCCN(CCC)C(=O)[C@@H](N)CCC(=O)O.O=C(O)C(F)(F)F. The second-order valence-corrected chi connectivity index (χ2v) is 4.67. The Balaban J connectivity index is 0. The summed E-state index contributed by atoms with van der Waals surface area (Å²) in [5.74, 6) is -3.81. The fraction of sp³-hybridized carbons (Fsp3) is 0.769. The maximum Gasteiger partial charge on any atom is 0.490 e. The number of aliphatic carboxylic acids is 2. The van der Waals surface area contributed by atoms with Crippen molar-refractivity contribution >= 4 is 17.8 Å². The van der Waals surface area contributed by atoms with Crippen molar-refractivity contribution in [1.29, 1.82) is 0 Å². The topological polar surface area (TPSA) is 121 Å². The highest BCUT2D eigenvalue weighted by molar-refractivity contribution is 5.82. The van der Waals surface area contributed by atoms with Crippen LogP contribution in [0.3, 0.4) is 0 Å². The first kappa shape index (κ1) is 23.4. The third-order valence-corrected chi connectivity index (χ3v) is 2.53. The number of nitrogens with two attached hydrogens (primary N) is 1. The van der Waals surface area contributed by atoms with E-state index in [1.807, 2.05) is 13.8 Å². The molecule has 0 spiro atoms. The first-order chi connectivity index (χ1) is 10.5. The summed E-state index contributed by atoms with van der Waals surface area (Å²) in [5.41, 5.74) is 5.67. The summed E-state index contributed by atoms with van der Waals surface area (Å²) in [6, 6.07) is -0.686. The van der Waals surface area contributed by atoms with Gasteiger partial charge in [-0.05, 0) is 19.3 Å². The predicted octanol–water partition coefficient (Wildman–Crippen LogP) is 1.46. The van der Waals surface area contributed by atoms with E-state index in [9.17, 15) is 22.8 Å². The van der Waals surface area contributed by atoms with E-state index in [0.717, 1.165) is 12.8 Å². The van der Waals surface area contributed by atoms with Gasteiger partial charge in [-0.25, -0.2) is 4.79 Å². The molecule has 0 saturated heterocycles. The van der Waals surface area contributed by atoms with Gasteiger partial charge < -0.3 is 20.8 Å². The molecule has 0 aromatic rings. The molecule has 1 atom stereocenters. The minimum atomic E-state index is -5.08. The molecule has 0 aliphatic carbocycles. The van der Waals surface area contributed by atoms with E-state index in [4.69, 9.17) is 20.7 Å². The van der Waals surface area contributed by atoms with Crippen LogP contribution in [0.2, 0.25) is 0 Å². The normalized spacial score (nSPS) is 11.9. The van der Waals surface area contributed by atoms with Crippen molar-refractivity contribution in [2.45, 2.75) is 51.7 Å². The van der Waals surface area contributed by atoms with E-state index in [-0.39, 0.29) is 18.7 Å². The summed E-state index contributed by atoms with van der Waals surface area (Å²) in [7, 11) is 0. The lowest BCUT2D eigenvalue weighted by Crippen LogP contribution is -2.44. The molecule has 10 heteroatoms. The summed E-state index contributed by atoms with van der Waals surface area (Å²) < 4.78 is 31.7. The zero-order valence-electron chi connectivity index (χ0n) is 13.1. The van der Waals surface area contributed by atoms with Crippen LogP contribution in [0.5, 0.6) is 0 Å². The molecule has 0 radical (unpaired) electrons. The van der Waals surface area contributed by atoms with E-state index >= 15 is 0 Å². The highest BCUT2D eigenvalue weighted by Crippen LogP contribution is 2.13. The fourth-order valence-electron chi connectivity index (χ4n) is 1.51. The largest absolute Gasteiger partial charge is 0.490 e. The lowest BCUT2D eigenvalue weighted by molar-refractivity contribution is -0.192. The highest BCUT2D eigenvalue weighted by Gasteiger charge is 2.38. The third kappa shape index (κ3) is 12.4. The van der Waals surface area contributed by atoms with Crippen molar-refractivity contribution in [2.75, 3.05) is 13.1 Å². The van der Waals surface area contributed by atoms with Gasteiger partial charge in [0.15, 0.2) is 0 Å². The van der Waals surface area contributed by atoms with Gasteiger partial charge in [0.2, 0.25) is 5.91 Å². The molecular formula is C13H23F3N2O5. The summed E-state index contributed by atoms with van der Waals surface area (Å²) in [6.45, 7) is 5.37. The Morgan fingerprint density at radius 1 is 1.09 bits per heavy atom. The number of rotatable bonds is 8. The van der Waals surface area contributed by atoms with Crippen molar-refractivity contribution < 1.29 is 37.8 Å². The number of carboxylic acids is 2. The molecule has 0 heterocycles. The van der Waals surface area contributed by atoms with Crippen LogP contribution in [0.15, 0.2) is 0 Å². The fourth-order valence-corrected chi connectivity index (χ4v) is 1.51. The van der Waals surface area contributed by atoms with Crippen molar-refractivity contribution in [3.05, 3.63) is 0 Å². The average molecular weight is 344 g/mol. The second-order valence-electron chi connectivity index (χ2n) is 4.67. The summed E-state index contributed by atoms with van der Waals surface area (Å²) in [5, 5.41) is 15.6. The van der Waals surface area contributed by atoms with E-state index in [0.29, 0.717) is 13.1 Å². The van der Waals surface area contributed by atoms with Crippen LogP contribution in [0.4, 0.5) is 13.2 Å². The van der Waals surface area contributed by atoms with Crippen LogP contribution in [0.1, 0.15) is 39.5 Å². The van der Waals surface area contributed by atoms with E-state index in [1.165, 1.54) is 0 Å². The molecule has 0 aliphatic heterocycles. The van der Waals surface area contributed by atoms with Gasteiger partial charge in [-0.2, -0.15) is 13.2 Å². The van der Waals surface area contributed by atoms with Gasteiger partial charge in [0.1, 0.15) is 0 Å². The Labute approximate surface area is 132 Å². The maximum atomic E-state index is 11.8. The summed E-state index contributed by atoms with van der Waals surface area (Å²) in [4.78, 5) is 32.8. The number of carboxylic acid groups (broad SMARTS) is 2. The first-order valence-electron chi connectivity index (χ1n) is 7.03. The number of alkyl halides is 3. The minimum absolute atomic E-state index is 0.0566. The third-order valence-electron chi connectivity index (χ3n) is 2.53. The average Bonchev–Trinajstić information content (AvgIpc) is 2.43. The van der Waals surface area contributed by atoms with Crippen LogP contribution < -0.4 is 5.73 Å². The lowest BCUT2D eigenvalue weighted by atomic mass is 10.1. The molecule has 4 N–H and O–H groups in total. The van der Waals surface area contributed by atoms with E-state index in [2.05, 4.69) is 0 Å². The zero-order chi connectivity index (χ0) is 18.6. The van der Waals surface area contributed by atoms with Gasteiger partial charge in [-0.3, -0.25) is 9.59 Å². The van der Waals surface area contributed by atoms with Gasteiger partial charge in [-0.1, -0.05) is 13.8 Å². The molecule has 0 aliphatic rings. The van der Waals surface area contributed by atoms with Crippen LogP contribution in [-0.2, 0) is 14.4 Å². The van der Waals surface area contributed by atoms with Gasteiger partial charge in [0, 0.05) is 19.5 Å². The molecule has 7 nitrogen and oxygen atoms in total. The molecule has 1 amide bonds. The molecule has 0 aromatic carbocycles. The number of nitrogens with zero attached hydrogens (tertiary/aromatic N) is 1. The predicted molar refractivity (Wildman–Crippen MR) is 75.7 cm³/mol. The van der Waals surface area contributed by atoms with Crippen molar-refractivity contribution in [3.8, 4) is 0 Å². The zero-order valence-corrected chi connectivity index (χ0v) is 13.1. The quantitative estimate of drug-likeness (QED) is 0.613. The summed E-state index contributed by atoms with van der Waals surface area (Å²) >= 11 is 0. The number of amides is 1. The van der Waals surface area contributed by atoms with Gasteiger partial charge >= 0.3 is 18.1 Å². The van der Waals surface area contributed by atoms with Crippen molar-refractivity contribution in [3.63, 3.8) is 0 Å². The van der Waals surface area contributed by atoms with Crippen LogP contribution >= 0.6 is 0 Å². The Morgan fingerprint density at radius 2 is 1.48 bits per heavy atom. The maximum absolute atomic E-state index is 11.8. The van der Waals surface area contributed by atoms with Gasteiger partial charge in [0.25, 0.3) is 0 Å². The Morgan fingerprint density at radius 3 is 1.74 bits per heavy atom. The Bertz CT molecular complexity index is 382. The molecule has 0 aromatic heterocycles. The lowest BCUT2D eigenvalue weighted by Gasteiger charge is -2.24.